The molecule has 0 radical (unpaired) electrons. The lowest BCUT2D eigenvalue weighted by atomic mass is 10.0. The molecule has 84 valence electrons. The summed E-state index contributed by atoms with van der Waals surface area (Å²) in [7, 11) is 0. The van der Waals surface area contributed by atoms with Gasteiger partial charge in [0.1, 0.15) is 11.1 Å². The number of nitrogens with two attached hydrogens (primary N) is 1. The number of rotatable bonds is 2. The molecule has 1 atom stereocenters. The molecule has 0 saturated heterocycles. The lowest BCUT2D eigenvalue weighted by Gasteiger charge is -2.09. The fourth-order valence-corrected chi connectivity index (χ4v) is 3.18. The number of fused-ring (bicyclic) bond motifs is 1. The van der Waals surface area contributed by atoms with E-state index in [1.165, 1.54) is 11.3 Å². The van der Waals surface area contributed by atoms with Crippen molar-refractivity contribution in [3.8, 4) is 6.07 Å². The van der Waals surface area contributed by atoms with E-state index in [4.69, 9.17) is 15.7 Å². The highest BCUT2D eigenvalue weighted by atomic mass is 32.1. The van der Waals surface area contributed by atoms with Gasteiger partial charge in [0.25, 0.3) is 0 Å². The van der Waals surface area contributed by atoms with Crippen molar-refractivity contribution in [2.24, 2.45) is 0 Å². The number of carbonyl (C=O) groups excluding carboxylic acids is 1. The average molecular weight is 236 g/mol. The number of aryl methyl sites for hydroxylation is 1. The Bertz CT molecular complexity index is 473. The molecular weight excluding hydrogens is 224 g/mol. The van der Waals surface area contributed by atoms with Gasteiger partial charge in [-0.25, -0.2) is 0 Å². The van der Waals surface area contributed by atoms with E-state index in [1.54, 1.807) is 6.92 Å². The van der Waals surface area contributed by atoms with Crippen molar-refractivity contribution in [1.29, 1.82) is 5.26 Å². The normalized spacial score (nSPS) is 17.9. The van der Waals surface area contributed by atoms with Crippen LogP contribution in [0.15, 0.2) is 0 Å². The van der Waals surface area contributed by atoms with Gasteiger partial charge in [-0.05, 0) is 19.8 Å². The number of hydrogen-bond acceptors (Lipinski definition) is 5. The van der Waals surface area contributed by atoms with Crippen molar-refractivity contribution in [3.63, 3.8) is 0 Å². The van der Waals surface area contributed by atoms with Crippen molar-refractivity contribution in [2.45, 2.75) is 25.7 Å². The lowest BCUT2D eigenvalue weighted by Crippen LogP contribution is -2.14. The van der Waals surface area contributed by atoms with E-state index in [-0.39, 0.29) is 11.9 Å². The van der Waals surface area contributed by atoms with Gasteiger partial charge in [0, 0.05) is 10.4 Å². The van der Waals surface area contributed by atoms with Gasteiger partial charge in [-0.2, -0.15) is 5.26 Å². The molecule has 1 aliphatic carbocycles. The Kier molecular flexibility index (Phi) is 2.84. The number of esters is 1. The number of nitrogen functional groups attached to an aromatic ring is 1. The molecule has 1 aliphatic rings. The Balaban J connectivity index is 2.38. The van der Waals surface area contributed by atoms with Crippen LogP contribution in [0.25, 0.3) is 0 Å². The number of nitriles is 1. The first-order valence-electron chi connectivity index (χ1n) is 5.16. The quantitative estimate of drug-likeness (QED) is 0.794. The first-order chi connectivity index (χ1) is 7.69. The molecule has 16 heavy (non-hydrogen) atoms. The van der Waals surface area contributed by atoms with Gasteiger partial charge < -0.3 is 10.5 Å². The first-order valence-corrected chi connectivity index (χ1v) is 5.98. The third kappa shape index (κ3) is 1.55. The summed E-state index contributed by atoms with van der Waals surface area (Å²) in [6.07, 6.45) is 1.55. The van der Waals surface area contributed by atoms with Crippen LogP contribution < -0.4 is 5.73 Å². The first kappa shape index (κ1) is 11.0. The van der Waals surface area contributed by atoms with Crippen LogP contribution in [0.5, 0.6) is 0 Å². The molecule has 0 saturated carbocycles. The van der Waals surface area contributed by atoms with E-state index < -0.39 is 0 Å². The Labute approximate surface area is 97.6 Å². The number of hydrogen-bond donors (Lipinski definition) is 1. The van der Waals surface area contributed by atoms with E-state index in [9.17, 15) is 4.79 Å². The predicted molar refractivity (Wildman–Crippen MR) is 61.1 cm³/mol. The summed E-state index contributed by atoms with van der Waals surface area (Å²) >= 11 is 1.41. The van der Waals surface area contributed by atoms with Crippen LogP contribution in [0.1, 0.15) is 35.3 Å². The standard InChI is InChI=1S/C11H12N2O2S/c1-2-15-11(14)6-3-4-8-9(6)7(5-12)10(13)16-8/h6H,2-4,13H2,1H3/t6-/m0/s1. The fourth-order valence-electron chi connectivity index (χ4n) is 2.08. The third-order valence-electron chi connectivity index (χ3n) is 2.74. The Hall–Kier alpha value is -1.54. The summed E-state index contributed by atoms with van der Waals surface area (Å²) in [5.41, 5.74) is 7.02. The smallest absolute Gasteiger partial charge is 0.313 e. The van der Waals surface area contributed by atoms with Gasteiger partial charge in [0.15, 0.2) is 0 Å². The van der Waals surface area contributed by atoms with Gasteiger partial charge in [-0.15, -0.1) is 11.3 Å². The molecule has 1 aromatic rings. The molecule has 4 nitrogen and oxygen atoms in total. The maximum absolute atomic E-state index is 11.7. The molecule has 2 N–H and O–H groups in total. The molecule has 0 unspecified atom stereocenters. The molecule has 0 aromatic carbocycles. The van der Waals surface area contributed by atoms with Crippen molar-refractivity contribution in [2.75, 3.05) is 12.3 Å². The zero-order valence-electron chi connectivity index (χ0n) is 8.95. The minimum atomic E-state index is -0.293. The van der Waals surface area contributed by atoms with Crippen LogP contribution in [0.4, 0.5) is 5.00 Å². The number of carbonyl (C=O) groups is 1. The molecular formula is C11H12N2O2S. The SMILES string of the molecule is CCOC(=O)[C@H]1CCc2sc(N)c(C#N)c21. The monoisotopic (exact) mass is 236 g/mol. The summed E-state index contributed by atoms with van der Waals surface area (Å²) in [4.78, 5) is 12.8. The van der Waals surface area contributed by atoms with E-state index in [1.807, 2.05) is 0 Å². The Morgan fingerprint density at radius 2 is 2.50 bits per heavy atom. The highest BCUT2D eigenvalue weighted by molar-refractivity contribution is 7.16. The maximum atomic E-state index is 11.7. The molecule has 0 amide bonds. The number of anilines is 1. The van der Waals surface area contributed by atoms with E-state index in [0.29, 0.717) is 17.2 Å². The second kappa shape index (κ2) is 4.14. The summed E-state index contributed by atoms with van der Waals surface area (Å²) < 4.78 is 5.01. The lowest BCUT2D eigenvalue weighted by molar-refractivity contribution is -0.144. The van der Waals surface area contributed by atoms with Crippen LogP contribution in [-0.4, -0.2) is 12.6 Å². The minimum Gasteiger partial charge on any atom is -0.466 e. The molecule has 0 spiro atoms. The predicted octanol–water partition coefficient (Wildman–Crippen LogP) is 1.79. The van der Waals surface area contributed by atoms with Gasteiger partial charge >= 0.3 is 5.97 Å². The average Bonchev–Trinajstić information content (AvgIpc) is 2.75. The largest absolute Gasteiger partial charge is 0.466 e. The number of ether oxygens (including phenoxy) is 1. The van der Waals surface area contributed by atoms with E-state index in [0.717, 1.165) is 23.3 Å². The van der Waals surface area contributed by atoms with Gasteiger partial charge in [0.05, 0.1) is 18.1 Å². The van der Waals surface area contributed by atoms with Crippen LogP contribution in [0.2, 0.25) is 0 Å². The molecule has 0 aliphatic heterocycles. The molecule has 0 fully saturated rings. The number of thiophene rings is 1. The summed E-state index contributed by atoms with van der Waals surface area (Å²) in [6, 6.07) is 2.08. The third-order valence-corrected chi connectivity index (χ3v) is 3.84. The van der Waals surface area contributed by atoms with Crippen molar-refractivity contribution < 1.29 is 9.53 Å². The van der Waals surface area contributed by atoms with Crippen molar-refractivity contribution >= 4 is 22.3 Å². The topological polar surface area (TPSA) is 76.1 Å². The zero-order valence-corrected chi connectivity index (χ0v) is 9.76. The summed E-state index contributed by atoms with van der Waals surface area (Å²) in [5.74, 6) is -0.534. The van der Waals surface area contributed by atoms with Crippen LogP contribution in [-0.2, 0) is 16.0 Å². The molecule has 5 heteroatoms. The molecule has 1 aromatic heterocycles. The van der Waals surface area contributed by atoms with Crippen LogP contribution in [0, 0.1) is 11.3 Å². The van der Waals surface area contributed by atoms with Crippen LogP contribution in [0.3, 0.4) is 0 Å². The highest BCUT2D eigenvalue weighted by Crippen LogP contribution is 2.43. The Morgan fingerprint density at radius 3 is 3.12 bits per heavy atom. The Morgan fingerprint density at radius 1 is 1.75 bits per heavy atom. The molecule has 2 rings (SSSR count). The van der Waals surface area contributed by atoms with Crippen LogP contribution >= 0.6 is 11.3 Å². The zero-order chi connectivity index (χ0) is 11.7. The molecule has 1 heterocycles. The van der Waals surface area contributed by atoms with Gasteiger partial charge in [-0.3, -0.25) is 4.79 Å². The van der Waals surface area contributed by atoms with E-state index >= 15 is 0 Å². The summed E-state index contributed by atoms with van der Waals surface area (Å²) in [5, 5.41) is 9.54. The molecule has 0 bridgehead atoms. The van der Waals surface area contributed by atoms with E-state index in [2.05, 4.69) is 6.07 Å². The summed E-state index contributed by atoms with van der Waals surface area (Å²) in [6.45, 7) is 2.15. The minimum absolute atomic E-state index is 0.240. The number of nitrogens with zero attached hydrogens (tertiary/aromatic N) is 1. The van der Waals surface area contributed by atoms with Gasteiger partial charge in [-0.1, -0.05) is 0 Å². The second-order valence-electron chi connectivity index (χ2n) is 3.63. The maximum Gasteiger partial charge on any atom is 0.313 e. The van der Waals surface area contributed by atoms with Gasteiger partial charge in [0.2, 0.25) is 0 Å². The van der Waals surface area contributed by atoms with Crippen molar-refractivity contribution in [1.82, 2.24) is 0 Å². The fraction of sp³-hybridized carbons (Fsp3) is 0.455. The highest BCUT2D eigenvalue weighted by Gasteiger charge is 2.35. The van der Waals surface area contributed by atoms with Crippen molar-refractivity contribution in [3.05, 3.63) is 16.0 Å². The second-order valence-corrected chi connectivity index (χ2v) is 4.77.